The van der Waals surface area contributed by atoms with Crippen molar-refractivity contribution in [2.75, 3.05) is 20.2 Å². The Morgan fingerprint density at radius 2 is 2.08 bits per heavy atom. The number of amides is 2. The summed E-state index contributed by atoms with van der Waals surface area (Å²) in [6, 6.07) is 0. The van der Waals surface area contributed by atoms with Gasteiger partial charge >= 0.3 is 6.09 Å². The van der Waals surface area contributed by atoms with E-state index in [2.05, 4.69) is 4.74 Å². The number of nitrogens with two attached hydrogens (primary N) is 2. The second-order valence-corrected chi connectivity index (χ2v) is 3.33. The summed E-state index contributed by atoms with van der Waals surface area (Å²) >= 11 is 0. The largest absolute Gasteiger partial charge is 0.453 e. The van der Waals surface area contributed by atoms with Crippen LogP contribution in [0.15, 0.2) is 0 Å². The maximum Gasteiger partial charge on any atom is 0.409 e. The van der Waals surface area contributed by atoms with Gasteiger partial charge in [0.25, 0.3) is 0 Å². The molecular formula is C7H13N3O3. The molecule has 1 aliphatic heterocycles. The maximum atomic E-state index is 10.9. The summed E-state index contributed by atoms with van der Waals surface area (Å²) in [6.07, 6.45) is -0.328. The van der Waals surface area contributed by atoms with Crippen molar-refractivity contribution in [1.29, 1.82) is 0 Å². The SMILES string of the molecule is COC(=O)N1CC(N)(CC(N)=O)C1. The van der Waals surface area contributed by atoms with Crippen LogP contribution in [-0.4, -0.2) is 42.6 Å². The second-order valence-electron chi connectivity index (χ2n) is 3.33. The molecule has 13 heavy (non-hydrogen) atoms. The number of hydrogen-bond acceptors (Lipinski definition) is 4. The molecule has 0 aromatic heterocycles. The van der Waals surface area contributed by atoms with Gasteiger partial charge in [-0.1, -0.05) is 0 Å². The third-order valence-electron chi connectivity index (χ3n) is 1.97. The number of ether oxygens (including phenoxy) is 1. The number of methoxy groups -OCH3 is 1. The van der Waals surface area contributed by atoms with Crippen LogP contribution in [0.25, 0.3) is 0 Å². The van der Waals surface area contributed by atoms with Gasteiger partial charge in [-0.05, 0) is 0 Å². The molecule has 1 fully saturated rings. The van der Waals surface area contributed by atoms with Gasteiger partial charge < -0.3 is 21.1 Å². The first kappa shape index (κ1) is 9.79. The van der Waals surface area contributed by atoms with Crippen molar-refractivity contribution in [3.05, 3.63) is 0 Å². The van der Waals surface area contributed by atoms with Crippen LogP contribution in [0, 0.1) is 0 Å². The molecule has 74 valence electrons. The van der Waals surface area contributed by atoms with Crippen molar-refractivity contribution >= 4 is 12.0 Å². The van der Waals surface area contributed by atoms with Gasteiger partial charge in [0.1, 0.15) is 0 Å². The van der Waals surface area contributed by atoms with Gasteiger partial charge in [0.2, 0.25) is 5.91 Å². The van der Waals surface area contributed by atoms with E-state index in [1.165, 1.54) is 12.0 Å². The van der Waals surface area contributed by atoms with Gasteiger partial charge in [-0.3, -0.25) is 4.79 Å². The summed E-state index contributed by atoms with van der Waals surface area (Å²) in [5.41, 5.74) is 10.1. The maximum absolute atomic E-state index is 10.9. The molecule has 6 heteroatoms. The number of primary amides is 1. The lowest BCUT2D eigenvalue weighted by Gasteiger charge is -2.45. The Morgan fingerprint density at radius 1 is 1.54 bits per heavy atom. The molecule has 1 saturated heterocycles. The van der Waals surface area contributed by atoms with Crippen molar-refractivity contribution in [2.45, 2.75) is 12.0 Å². The van der Waals surface area contributed by atoms with Gasteiger partial charge in [-0.15, -0.1) is 0 Å². The molecule has 1 heterocycles. The third-order valence-corrected chi connectivity index (χ3v) is 1.97. The Kier molecular flexibility index (Phi) is 2.42. The Bertz CT molecular complexity index is 235. The van der Waals surface area contributed by atoms with Crippen LogP contribution in [0.1, 0.15) is 6.42 Å². The summed E-state index contributed by atoms with van der Waals surface area (Å²) in [5.74, 6) is -0.452. The molecule has 0 aromatic carbocycles. The van der Waals surface area contributed by atoms with Gasteiger partial charge in [-0.25, -0.2) is 4.79 Å². The first-order valence-corrected chi connectivity index (χ1v) is 3.87. The zero-order valence-corrected chi connectivity index (χ0v) is 7.45. The van der Waals surface area contributed by atoms with Crippen LogP contribution >= 0.6 is 0 Å². The zero-order chi connectivity index (χ0) is 10.1. The average molecular weight is 187 g/mol. The van der Waals surface area contributed by atoms with E-state index in [4.69, 9.17) is 11.5 Å². The summed E-state index contributed by atoms with van der Waals surface area (Å²) in [7, 11) is 1.30. The molecular weight excluding hydrogens is 174 g/mol. The molecule has 0 spiro atoms. The Hall–Kier alpha value is -1.30. The molecule has 6 nitrogen and oxygen atoms in total. The van der Waals surface area contributed by atoms with E-state index >= 15 is 0 Å². The zero-order valence-electron chi connectivity index (χ0n) is 7.45. The minimum atomic E-state index is -0.653. The van der Waals surface area contributed by atoms with Gasteiger partial charge in [-0.2, -0.15) is 0 Å². The lowest BCUT2D eigenvalue weighted by atomic mass is 9.88. The smallest absolute Gasteiger partial charge is 0.409 e. The quantitative estimate of drug-likeness (QED) is 0.557. The van der Waals surface area contributed by atoms with Gasteiger partial charge in [0, 0.05) is 19.5 Å². The van der Waals surface area contributed by atoms with Crippen molar-refractivity contribution < 1.29 is 14.3 Å². The average Bonchev–Trinajstić information content (AvgIpc) is 1.97. The highest BCUT2D eigenvalue weighted by Crippen LogP contribution is 2.21. The Labute approximate surface area is 75.8 Å². The number of hydrogen-bond donors (Lipinski definition) is 2. The number of carbonyl (C=O) groups excluding carboxylic acids is 2. The van der Waals surface area contributed by atoms with E-state index in [-0.39, 0.29) is 6.42 Å². The summed E-state index contributed by atoms with van der Waals surface area (Å²) in [6.45, 7) is 0.644. The fraction of sp³-hybridized carbons (Fsp3) is 0.714. The third kappa shape index (κ3) is 2.09. The van der Waals surface area contributed by atoms with Crippen LogP contribution in [0.4, 0.5) is 4.79 Å². The van der Waals surface area contributed by atoms with E-state index in [9.17, 15) is 9.59 Å². The number of rotatable bonds is 2. The van der Waals surface area contributed by atoms with Gasteiger partial charge in [0.15, 0.2) is 0 Å². The highest BCUT2D eigenvalue weighted by Gasteiger charge is 2.43. The number of carbonyl (C=O) groups is 2. The Balaban J connectivity index is 2.38. The summed E-state index contributed by atoms with van der Waals surface area (Å²) < 4.78 is 4.47. The molecule has 0 aliphatic carbocycles. The van der Waals surface area contributed by atoms with Gasteiger partial charge in [0.05, 0.1) is 12.6 Å². The van der Waals surface area contributed by atoms with Crippen LogP contribution in [-0.2, 0) is 9.53 Å². The first-order valence-electron chi connectivity index (χ1n) is 3.87. The van der Waals surface area contributed by atoms with E-state index in [1.807, 2.05) is 0 Å². The van der Waals surface area contributed by atoms with Crippen LogP contribution in [0.3, 0.4) is 0 Å². The fourth-order valence-corrected chi connectivity index (χ4v) is 1.43. The number of nitrogens with zero attached hydrogens (tertiary/aromatic N) is 1. The van der Waals surface area contributed by atoms with Crippen molar-refractivity contribution in [3.8, 4) is 0 Å². The molecule has 0 radical (unpaired) electrons. The highest BCUT2D eigenvalue weighted by atomic mass is 16.5. The van der Waals surface area contributed by atoms with Crippen molar-refractivity contribution in [2.24, 2.45) is 11.5 Å². The molecule has 0 aromatic rings. The van der Waals surface area contributed by atoms with Crippen LogP contribution in [0.2, 0.25) is 0 Å². The molecule has 0 unspecified atom stereocenters. The lowest BCUT2D eigenvalue weighted by molar-refractivity contribution is -0.120. The van der Waals surface area contributed by atoms with E-state index in [1.54, 1.807) is 0 Å². The molecule has 0 atom stereocenters. The summed E-state index contributed by atoms with van der Waals surface area (Å²) in [5, 5.41) is 0. The molecule has 2 amide bonds. The minimum Gasteiger partial charge on any atom is -0.453 e. The minimum absolute atomic E-state index is 0.0977. The van der Waals surface area contributed by atoms with E-state index < -0.39 is 17.5 Å². The molecule has 0 saturated carbocycles. The summed E-state index contributed by atoms with van der Waals surface area (Å²) in [4.78, 5) is 22.9. The van der Waals surface area contributed by atoms with Crippen molar-refractivity contribution in [1.82, 2.24) is 4.90 Å². The second kappa shape index (κ2) is 3.21. The van der Waals surface area contributed by atoms with Crippen molar-refractivity contribution in [3.63, 3.8) is 0 Å². The normalized spacial score (nSPS) is 19.1. The highest BCUT2D eigenvalue weighted by molar-refractivity contribution is 5.76. The first-order chi connectivity index (χ1) is 5.97. The molecule has 4 N–H and O–H groups in total. The lowest BCUT2D eigenvalue weighted by Crippen LogP contribution is -2.69. The Morgan fingerprint density at radius 3 is 2.46 bits per heavy atom. The van der Waals surface area contributed by atoms with E-state index in [0.717, 1.165) is 0 Å². The molecule has 1 rings (SSSR count). The topological polar surface area (TPSA) is 98.7 Å². The molecule has 1 aliphatic rings. The van der Waals surface area contributed by atoms with Crippen LogP contribution in [0.5, 0.6) is 0 Å². The van der Waals surface area contributed by atoms with E-state index in [0.29, 0.717) is 13.1 Å². The monoisotopic (exact) mass is 187 g/mol. The van der Waals surface area contributed by atoms with Crippen LogP contribution < -0.4 is 11.5 Å². The fourth-order valence-electron chi connectivity index (χ4n) is 1.43. The predicted molar refractivity (Wildman–Crippen MR) is 44.7 cm³/mol. The standard InChI is InChI=1S/C7H13N3O3/c1-13-6(12)10-3-7(9,4-10)2-5(8)11/h2-4,9H2,1H3,(H2,8,11). The number of likely N-dealkylation sites (tertiary alicyclic amines) is 1. The molecule has 0 bridgehead atoms. The predicted octanol–water partition coefficient (Wildman–Crippen LogP) is -1.36.